The number of carbonyl (C=O) groups excluding carboxylic acids is 4. The lowest BCUT2D eigenvalue weighted by atomic mass is 9.44. The molecule has 0 aliphatic heterocycles. The van der Waals surface area contributed by atoms with E-state index >= 15 is 0 Å². The van der Waals surface area contributed by atoms with Gasteiger partial charge in [-0.2, -0.15) is 0 Å². The molecule has 0 heterocycles. The first-order valence-corrected chi connectivity index (χ1v) is 19.5. The number of Topliss-reactive ketones (excluding diaryl/α,β-unsaturated/α-hetero) is 3. The van der Waals surface area contributed by atoms with Crippen molar-refractivity contribution < 1.29 is 19.2 Å². The van der Waals surface area contributed by atoms with Crippen molar-refractivity contribution in [2.24, 2.45) is 74.9 Å². The summed E-state index contributed by atoms with van der Waals surface area (Å²) < 4.78 is 0. The van der Waals surface area contributed by atoms with Crippen LogP contribution in [0.2, 0.25) is 0 Å². The van der Waals surface area contributed by atoms with Gasteiger partial charge in [0, 0.05) is 31.1 Å². The van der Waals surface area contributed by atoms with Crippen LogP contribution in [0.5, 0.6) is 0 Å². The molecule has 7 fully saturated rings. The molecule has 0 aromatic rings. The van der Waals surface area contributed by atoms with Crippen molar-refractivity contribution in [3.63, 3.8) is 0 Å². The minimum Gasteiger partial charge on any atom is -0.300 e. The number of carbonyl (C=O) groups is 4. The van der Waals surface area contributed by atoms with E-state index in [1.807, 2.05) is 13.0 Å². The Bertz CT molecular complexity index is 1330. The second-order valence-corrected chi connectivity index (χ2v) is 18.9. The normalized spacial score (nSPS) is 50.7. The third-order valence-electron chi connectivity index (χ3n) is 17.4. The Morgan fingerprint density at radius 1 is 0.587 bits per heavy atom. The SMILES string of the molecule is CC(=O)C1CCC2C3CCC4=CC(=O)CCC4(C)C3CCC12C.CC(=O)C1CCC2C3CCC4CC(=O)CCC4(C)C3CCC12C. The number of fused-ring (bicyclic) bond motifs is 10. The lowest BCUT2D eigenvalue weighted by Crippen LogP contribution is -2.53. The minimum absolute atomic E-state index is 0.245. The highest BCUT2D eigenvalue weighted by molar-refractivity contribution is 5.91. The Balaban J connectivity index is 0.000000147. The van der Waals surface area contributed by atoms with Crippen LogP contribution in [0.25, 0.3) is 0 Å². The molecule has 46 heavy (non-hydrogen) atoms. The van der Waals surface area contributed by atoms with Crippen molar-refractivity contribution in [3.05, 3.63) is 11.6 Å². The van der Waals surface area contributed by atoms with Crippen LogP contribution in [-0.2, 0) is 19.2 Å². The molecule has 0 N–H and O–H groups in total. The molecular weight excluding hydrogens is 568 g/mol. The standard InChI is InChI=1S/C21H32O2.C21H30O2/c2*1-13(22)17-6-7-18-16-5-4-14-12-15(23)8-10-20(14,2)19(16)9-11-21(17,18)3/h14,16-19H,4-12H2,1-3H3;12,16-19H,4-11H2,1-3H3. The zero-order chi connectivity index (χ0) is 32.8. The van der Waals surface area contributed by atoms with Gasteiger partial charge in [-0.15, -0.1) is 0 Å². The van der Waals surface area contributed by atoms with E-state index in [9.17, 15) is 19.2 Å². The molecule has 0 amide bonds. The van der Waals surface area contributed by atoms with E-state index in [2.05, 4.69) is 27.7 Å². The molecule has 0 saturated heterocycles. The van der Waals surface area contributed by atoms with Gasteiger partial charge in [0.1, 0.15) is 17.3 Å². The van der Waals surface area contributed by atoms with Gasteiger partial charge >= 0.3 is 0 Å². The third kappa shape index (κ3) is 4.86. The Hall–Kier alpha value is -1.58. The summed E-state index contributed by atoms with van der Waals surface area (Å²) in [6.45, 7) is 13.4. The molecule has 8 rings (SSSR count). The highest BCUT2D eigenvalue weighted by atomic mass is 16.1. The Kier molecular flexibility index (Phi) is 8.24. The van der Waals surface area contributed by atoms with Crippen molar-refractivity contribution in [1.82, 2.24) is 0 Å². The van der Waals surface area contributed by atoms with Crippen molar-refractivity contribution in [3.8, 4) is 0 Å². The number of hydrogen-bond donors (Lipinski definition) is 0. The molecule has 0 aromatic heterocycles. The molecule has 8 aliphatic carbocycles. The van der Waals surface area contributed by atoms with E-state index in [0.29, 0.717) is 46.3 Å². The lowest BCUT2D eigenvalue weighted by molar-refractivity contribution is -0.143. The highest BCUT2D eigenvalue weighted by Gasteiger charge is 2.62. The summed E-state index contributed by atoms with van der Waals surface area (Å²) in [6.07, 6.45) is 21.2. The molecular formula is C42H62O4. The molecule has 13 unspecified atom stereocenters. The number of rotatable bonds is 2. The zero-order valence-electron chi connectivity index (χ0n) is 29.9. The molecule has 4 nitrogen and oxygen atoms in total. The predicted octanol–water partition coefficient (Wildman–Crippen LogP) is 9.53. The fourth-order valence-electron chi connectivity index (χ4n) is 14.9. The van der Waals surface area contributed by atoms with Gasteiger partial charge in [0.25, 0.3) is 0 Å². The molecule has 0 radical (unpaired) electrons. The average Bonchev–Trinajstić information content (AvgIpc) is 3.55. The average molecular weight is 631 g/mol. The second kappa shape index (κ2) is 11.5. The van der Waals surface area contributed by atoms with E-state index in [-0.39, 0.29) is 16.2 Å². The fraction of sp³-hybridized carbons (Fsp3) is 0.857. The summed E-state index contributed by atoms with van der Waals surface area (Å²) in [7, 11) is 0. The molecule has 7 saturated carbocycles. The van der Waals surface area contributed by atoms with Gasteiger partial charge in [0.05, 0.1) is 0 Å². The van der Waals surface area contributed by atoms with Crippen molar-refractivity contribution in [1.29, 1.82) is 0 Å². The number of allylic oxidation sites excluding steroid dienone is 1. The molecule has 13 atom stereocenters. The van der Waals surface area contributed by atoms with E-state index in [1.165, 1.54) is 63.4 Å². The van der Waals surface area contributed by atoms with Crippen LogP contribution in [0.15, 0.2) is 11.6 Å². The van der Waals surface area contributed by atoms with E-state index in [1.54, 1.807) is 6.92 Å². The van der Waals surface area contributed by atoms with Gasteiger partial charge in [0.15, 0.2) is 5.78 Å². The number of ketones is 4. The van der Waals surface area contributed by atoms with Gasteiger partial charge in [0.2, 0.25) is 0 Å². The zero-order valence-corrected chi connectivity index (χ0v) is 29.9. The van der Waals surface area contributed by atoms with E-state index in [0.717, 1.165) is 86.9 Å². The largest absolute Gasteiger partial charge is 0.300 e. The number of hydrogen-bond acceptors (Lipinski definition) is 4. The van der Waals surface area contributed by atoms with Crippen molar-refractivity contribution in [2.45, 2.75) is 151 Å². The molecule has 8 aliphatic rings. The maximum atomic E-state index is 12.2. The van der Waals surface area contributed by atoms with Crippen LogP contribution >= 0.6 is 0 Å². The summed E-state index contributed by atoms with van der Waals surface area (Å²) in [5, 5.41) is 0. The van der Waals surface area contributed by atoms with Crippen LogP contribution in [0.4, 0.5) is 0 Å². The molecule has 0 spiro atoms. The molecule has 0 aromatic carbocycles. The van der Waals surface area contributed by atoms with Crippen molar-refractivity contribution in [2.75, 3.05) is 0 Å². The fourth-order valence-corrected chi connectivity index (χ4v) is 14.9. The first-order chi connectivity index (χ1) is 21.7. The quantitative estimate of drug-likeness (QED) is 0.305. The maximum absolute atomic E-state index is 12.2. The first-order valence-electron chi connectivity index (χ1n) is 19.5. The van der Waals surface area contributed by atoms with Crippen LogP contribution in [-0.4, -0.2) is 23.1 Å². The van der Waals surface area contributed by atoms with Crippen LogP contribution in [0, 0.1) is 74.9 Å². The first kappa shape index (κ1) is 32.9. The highest BCUT2D eigenvalue weighted by Crippen LogP contribution is 2.68. The van der Waals surface area contributed by atoms with Gasteiger partial charge in [-0.25, -0.2) is 0 Å². The molecule has 254 valence electrons. The predicted molar refractivity (Wildman–Crippen MR) is 182 cm³/mol. The van der Waals surface area contributed by atoms with Crippen LogP contribution < -0.4 is 0 Å². The Morgan fingerprint density at radius 3 is 1.76 bits per heavy atom. The molecule has 0 bridgehead atoms. The summed E-state index contributed by atoms with van der Waals surface area (Å²) in [6, 6.07) is 0. The van der Waals surface area contributed by atoms with E-state index in [4.69, 9.17) is 0 Å². The summed E-state index contributed by atoms with van der Waals surface area (Å²) >= 11 is 0. The van der Waals surface area contributed by atoms with Crippen LogP contribution in [0.3, 0.4) is 0 Å². The van der Waals surface area contributed by atoms with Gasteiger partial charge < -0.3 is 0 Å². The van der Waals surface area contributed by atoms with E-state index < -0.39 is 0 Å². The monoisotopic (exact) mass is 630 g/mol. The maximum Gasteiger partial charge on any atom is 0.155 e. The third-order valence-corrected chi connectivity index (χ3v) is 17.4. The summed E-state index contributed by atoms with van der Waals surface area (Å²) in [4.78, 5) is 48.1. The van der Waals surface area contributed by atoms with Crippen LogP contribution in [0.1, 0.15) is 151 Å². The lowest BCUT2D eigenvalue weighted by Gasteiger charge is -2.60. The Labute approximate surface area is 279 Å². The smallest absolute Gasteiger partial charge is 0.155 e. The summed E-state index contributed by atoms with van der Waals surface area (Å²) in [5.41, 5.74) is 2.61. The van der Waals surface area contributed by atoms with Gasteiger partial charge in [-0.3, -0.25) is 19.2 Å². The topological polar surface area (TPSA) is 68.3 Å². The summed E-state index contributed by atoms with van der Waals surface area (Å²) in [5.74, 6) is 7.54. The van der Waals surface area contributed by atoms with Crippen molar-refractivity contribution >= 4 is 23.1 Å². The second-order valence-electron chi connectivity index (χ2n) is 18.9. The Morgan fingerprint density at radius 2 is 1.15 bits per heavy atom. The minimum atomic E-state index is 0.245. The van der Waals surface area contributed by atoms with Gasteiger partial charge in [-0.1, -0.05) is 33.3 Å². The molecule has 4 heteroatoms. The van der Waals surface area contributed by atoms with Gasteiger partial charge in [-0.05, 0) is 173 Å².